The van der Waals surface area contributed by atoms with E-state index in [9.17, 15) is 9.18 Å². The van der Waals surface area contributed by atoms with Crippen molar-refractivity contribution in [3.05, 3.63) is 0 Å². The Balaban J connectivity index is 3.00. The van der Waals surface area contributed by atoms with Gasteiger partial charge in [0.25, 0.3) is 0 Å². The van der Waals surface area contributed by atoms with Gasteiger partial charge in [0.2, 0.25) is 6.86 Å². The SMILES string of the molecule is COC(=O)OCF. The van der Waals surface area contributed by atoms with Crippen molar-refractivity contribution in [3.8, 4) is 0 Å². The molecular weight excluding hydrogens is 103 g/mol. The topological polar surface area (TPSA) is 35.5 Å². The minimum Gasteiger partial charge on any atom is -0.438 e. The summed E-state index contributed by atoms with van der Waals surface area (Å²) in [5.74, 6) is 0. The molecule has 0 N–H and O–H groups in total. The van der Waals surface area contributed by atoms with Crippen molar-refractivity contribution in [1.82, 2.24) is 0 Å². The zero-order chi connectivity index (χ0) is 5.70. The quantitative estimate of drug-likeness (QED) is 0.464. The first-order valence-corrected chi connectivity index (χ1v) is 1.58. The Hall–Kier alpha value is -0.800. The van der Waals surface area contributed by atoms with E-state index in [2.05, 4.69) is 9.47 Å². The number of hydrogen-bond acceptors (Lipinski definition) is 3. The summed E-state index contributed by atoms with van der Waals surface area (Å²) in [7, 11) is 1.11. The van der Waals surface area contributed by atoms with Gasteiger partial charge in [0.05, 0.1) is 7.11 Å². The number of carbonyl (C=O) groups excluding carboxylic acids is 1. The van der Waals surface area contributed by atoms with Crippen LogP contribution in [0.1, 0.15) is 0 Å². The van der Waals surface area contributed by atoms with Gasteiger partial charge in [-0.05, 0) is 0 Å². The molecule has 3 nitrogen and oxygen atoms in total. The van der Waals surface area contributed by atoms with Crippen LogP contribution in [0.3, 0.4) is 0 Å². The van der Waals surface area contributed by atoms with E-state index in [1.807, 2.05) is 0 Å². The molecule has 0 saturated heterocycles. The lowest BCUT2D eigenvalue weighted by Crippen LogP contribution is -2.01. The predicted octanol–water partition coefficient (Wildman–Crippen LogP) is 0.696. The molecule has 0 aromatic heterocycles. The summed E-state index contributed by atoms with van der Waals surface area (Å²) in [5.41, 5.74) is 0. The molecule has 0 bridgehead atoms. The molecule has 7 heavy (non-hydrogen) atoms. The number of rotatable bonds is 1. The third-order valence-corrected chi connectivity index (χ3v) is 0.339. The van der Waals surface area contributed by atoms with Crippen LogP contribution in [-0.2, 0) is 9.47 Å². The predicted molar refractivity (Wildman–Crippen MR) is 19.5 cm³/mol. The number of carbonyl (C=O) groups is 1. The van der Waals surface area contributed by atoms with Gasteiger partial charge in [0.1, 0.15) is 0 Å². The molecule has 0 atom stereocenters. The minimum atomic E-state index is -1.13. The first-order valence-electron chi connectivity index (χ1n) is 1.58. The molecule has 0 rings (SSSR count). The highest BCUT2D eigenvalue weighted by molar-refractivity contribution is 5.59. The summed E-state index contributed by atoms with van der Waals surface area (Å²) in [6.07, 6.45) is -0.998. The van der Waals surface area contributed by atoms with Crippen LogP contribution >= 0.6 is 0 Å². The molecule has 0 aliphatic heterocycles. The second-order valence-electron chi connectivity index (χ2n) is 0.708. The summed E-state index contributed by atoms with van der Waals surface area (Å²) in [6, 6.07) is 0. The lowest BCUT2D eigenvalue weighted by molar-refractivity contribution is 0.0402. The van der Waals surface area contributed by atoms with Gasteiger partial charge in [-0.3, -0.25) is 0 Å². The molecule has 0 unspecified atom stereocenters. The maximum absolute atomic E-state index is 10.9. The highest BCUT2D eigenvalue weighted by Gasteiger charge is 1.94. The molecular formula is C3H5FO3. The van der Waals surface area contributed by atoms with Gasteiger partial charge in [-0.2, -0.15) is 0 Å². The number of halogens is 1. The van der Waals surface area contributed by atoms with Crippen molar-refractivity contribution in [2.45, 2.75) is 0 Å². The molecule has 0 aliphatic carbocycles. The summed E-state index contributed by atoms with van der Waals surface area (Å²) in [5, 5.41) is 0. The van der Waals surface area contributed by atoms with Gasteiger partial charge in [-0.15, -0.1) is 0 Å². The van der Waals surface area contributed by atoms with E-state index < -0.39 is 13.0 Å². The van der Waals surface area contributed by atoms with Gasteiger partial charge in [-0.25, -0.2) is 9.18 Å². The van der Waals surface area contributed by atoms with Gasteiger partial charge < -0.3 is 9.47 Å². The minimum absolute atomic E-state index is 0.998. The smallest absolute Gasteiger partial charge is 0.438 e. The van der Waals surface area contributed by atoms with Crippen molar-refractivity contribution < 1.29 is 18.7 Å². The van der Waals surface area contributed by atoms with E-state index in [-0.39, 0.29) is 0 Å². The summed E-state index contributed by atoms with van der Waals surface area (Å²) < 4.78 is 18.5. The second-order valence-corrected chi connectivity index (χ2v) is 0.708. The molecule has 0 fully saturated rings. The van der Waals surface area contributed by atoms with Crippen molar-refractivity contribution in [1.29, 1.82) is 0 Å². The molecule has 0 heterocycles. The number of methoxy groups -OCH3 is 1. The second kappa shape index (κ2) is 3.39. The normalized spacial score (nSPS) is 7.71. The first-order chi connectivity index (χ1) is 3.31. The fraction of sp³-hybridized carbons (Fsp3) is 0.667. The highest BCUT2D eigenvalue weighted by atomic mass is 19.1. The molecule has 0 aliphatic rings. The fourth-order valence-electron chi connectivity index (χ4n) is 0.103. The van der Waals surface area contributed by atoms with Gasteiger partial charge >= 0.3 is 6.16 Å². The van der Waals surface area contributed by atoms with Crippen LogP contribution in [0.2, 0.25) is 0 Å². The van der Waals surface area contributed by atoms with E-state index in [1.165, 1.54) is 0 Å². The Bertz CT molecular complexity index is 63.2. The summed E-state index contributed by atoms with van der Waals surface area (Å²) >= 11 is 0. The molecule has 0 spiro atoms. The monoisotopic (exact) mass is 108 g/mol. The van der Waals surface area contributed by atoms with Crippen molar-refractivity contribution in [2.24, 2.45) is 0 Å². The number of hydrogen-bond donors (Lipinski definition) is 0. The average Bonchev–Trinajstić information content (AvgIpc) is 1.68. The fourth-order valence-corrected chi connectivity index (χ4v) is 0.103. The molecule has 0 aromatic rings. The van der Waals surface area contributed by atoms with Crippen LogP contribution in [-0.4, -0.2) is 20.1 Å². The van der Waals surface area contributed by atoms with E-state index in [0.717, 1.165) is 7.11 Å². The summed E-state index contributed by atoms with van der Waals surface area (Å²) in [4.78, 5) is 9.73. The Morgan fingerprint density at radius 1 is 1.86 bits per heavy atom. The van der Waals surface area contributed by atoms with Gasteiger partial charge in [0, 0.05) is 0 Å². The number of ether oxygens (including phenoxy) is 2. The van der Waals surface area contributed by atoms with E-state index >= 15 is 0 Å². The Morgan fingerprint density at radius 2 is 2.43 bits per heavy atom. The van der Waals surface area contributed by atoms with Crippen LogP contribution in [0.5, 0.6) is 0 Å². The van der Waals surface area contributed by atoms with Crippen LogP contribution < -0.4 is 0 Å². The molecule has 42 valence electrons. The molecule has 4 heteroatoms. The van der Waals surface area contributed by atoms with E-state index in [1.54, 1.807) is 0 Å². The van der Waals surface area contributed by atoms with Crippen molar-refractivity contribution in [2.75, 3.05) is 14.0 Å². The lowest BCUT2D eigenvalue weighted by Gasteiger charge is -1.92. The zero-order valence-corrected chi connectivity index (χ0v) is 3.81. The number of alkyl halides is 1. The molecule has 0 aromatic carbocycles. The average molecular weight is 108 g/mol. The third kappa shape index (κ3) is 3.02. The molecule has 0 radical (unpaired) electrons. The maximum atomic E-state index is 10.9. The molecule has 0 amide bonds. The highest BCUT2D eigenvalue weighted by Crippen LogP contribution is 1.79. The standard InChI is InChI=1S/C3H5FO3/c1-6-3(5)7-2-4/h2H2,1H3. The first kappa shape index (κ1) is 6.20. The Labute approximate surface area is 40.0 Å². The van der Waals surface area contributed by atoms with Crippen LogP contribution in [0.4, 0.5) is 9.18 Å². The molecule has 0 saturated carbocycles. The van der Waals surface area contributed by atoms with E-state index in [4.69, 9.17) is 0 Å². The van der Waals surface area contributed by atoms with Crippen LogP contribution in [0.15, 0.2) is 0 Å². The summed E-state index contributed by atoms with van der Waals surface area (Å²) in [6.45, 7) is -1.13. The van der Waals surface area contributed by atoms with Gasteiger partial charge in [0.15, 0.2) is 0 Å². The Morgan fingerprint density at radius 3 is 2.57 bits per heavy atom. The Kier molecular flexibility index (Phi) is 3.00. The third-order valence-electron chi connectivity index (χ3n) is 0.339. The van der Waals surface area contributed by atoms with E-state index in [0.29, 0.717) is 0 Å². The van der Waals surface area contributed by atoms with Gasteiger partial charge in [-0.1, -0.05) is 0 Å². The van der Waals surface area contributed by atoms with Crippen molar-refractivity contribution in [3.63, 3.8) is 0 Å². The van der Waals surface area contributed by atoms with Crippen molar-refractivity contribution >= 4 is 6.16 Å². The zero-order valence-electron chi connectivity index (χ0n) is 3.81. The maximum Gasteiger partial charge on any atom is 0.510 e. The van der Waals surface area contributed by atoms with Crippen LogP contribution in [0.25, 0.3) is 0 Å². The van der Waals surface area contributed by atoms with Crippen LogP contribution in [0, 0.1) is 0 Å². The lowest BCUT2D eigenvalue weighted by atomic mass is 11.3. The largest absolute Gasteiger partial charge is 0.510 e.